The first kappa shape index (κ1) is 27.6. The number of methoxy groups -OCH3 is 3. The Balaban J connectivity index is 0.00000361. The number of hydrogen-bond donors (Lipinski definition) is 0. The van der Waals surface area contributed by atoms with Crippen LogP contribution in [-0.4, -0.2) is 70.3 Å². The van der Waals surface area contributed by atoms with Crippen LogP contribution in [0.3, 0.4) is 0 Å². The van der Waals surface area contributed by atoms with Crippen molar-refractivity contribution in [1.29, 1.82) is 0 Å². The lowest BCUT2D eigenvalue weighted by atomic mass is 9.98. The van der Waals surface area contributed by atoms with Gasteiger partial charge in [-0.1, -0.05) is 23.8 Å². The van der Waals surface area contributed by atoms with Gasteiger partial charge in [0.15, 0.2) is 11.5 Å². The van der Waals surface area contributed by atoms with Crippen molar-refractivity contribution in [2.45, 2.75) is 32.7 Å². The molecule has 6 nitrogen and oxygen atoms in total. The molecule has 0 N–H and O–H groups in total. The van der Waals surface area contributed by atoms with Gasteiger partial charge in [0.2, 0.25) is 11.7 Å². The zero-order valence-corrected chi connectivity index (χ0v) is 23.1. The number of fused-ring (bicyclic) bond motifs is 1. The summed E-state index contributed by atoms with van der Waals surface area (Å²) < 4.78 is 16.6. The maximum atomic E-state index is 13.3. The largest absolute Gasteiger partial charge is 0.493 e. The fourth-order valence-corrected chi connectivity index (χ4v) is 5.13. The monoisotopic (exact) mass is 512 g/mol. The number of benzene rings is 2. The fourth-order valence-electron chi connectivity index (χ4n) is 5.13. The van der Waals surface area contributed by atoms with Crippen LogP contribution in [0.1, 0.15) is 42.0 Å². The lowest BCUT2D eigenvalue weighted by molar-refractivity contribution is -0.129. The summed E-state index contributed by atoms with van der Waals surface area (Å²) in [5.74, 6) is 2.00. The van der Waals surface area contributed by atoms with E-state index in [1.807, 2.05) is 17.0 Å². The van der Waals surface area contributed by atoms with Gasteiger partial charge in [0, 0.05) is 19.1 Å². The molecular weight excluding hydrogens is 476 g/mol. The summed E-state index contributed by atoms with van der Waals surface area (Å²) in [4.78, 5) is 17.5. The van der Waals surface area contributed by atoms with Crippen molar-refractivity contribution in [3.05, 3.63) is 58.2 Å². The molecule has 2 aliphatic rings. The number of likely N-dealkylation sites (N-methyl/N-ethyl adjacent to an activating group) is 1. The SMILES string of the molecule is COc1cc(C=C2C(C)=C(CC(=O)N3CC[C@@H](N(C)C)C3)c3cc(C)ccc32)cc(OC)c1OC.Cl. The Labute approximate surface area is 220 Å². The summed E-state index contributed by atoms with van der Waals surface area (Å²) in [6.07, 6.45) is 3.58. The highest BCUT2D eigenvalue weighted by Gasteiger charge is 2.31. The number of carbonyl (C=O) groups is 1. The Bertz CT molecular complexity index is 1180. The highest BCUT2D eigenvalue weighted by molar-refractivity contribution is 6.08. The van der Waals surface area contributed by atoms with Crippen molar-refractivity contribution in [1.82, 2.24) is 9.80 Å². The molecule has 1 fully saturated rings. The third kappa shape index (κ3) is 5.25. The van der Waals surface area contributed by atoms with E-state index in [0.717, 1.165) is 52.9 Å². The van der Waals surface area contributed by atoms with Crippen LogP contribution in [0.4, 0.5) is 0 Å². The minimum Gasteiger partial charge on any atom is -0.493 e. The van der Waals surface area contributed by atoms with E-state index in [2.05, 4.69) is 57.1 Å². The minimum atomic E-state index is 0. The molecule has 4 rings (SSSR count). The van der Waals surface area contributed by atoms with Gasteiger partial charge in [-0.05, 0) is 86.0 Å². The van der Waals surface area contributed by atoms with E-state index >= 15 is 0 Å². The van der Waals surface area contributed by atoms with E-state index in [4.69, 9.17) is 14.2 Å². The normalized spacial score (nSPS) is 17.9. The number of likely N-dealkylation sites (tertiary alicyclic amines) is 1. The molecule has 0 saturated carbocycles. The second-order valence-corrected chi connectivity index (χ2v) is 9.59. The second kappa shape index (κ2) is 11.4. The van der Waals surface area contributed by atoms with Crippen molar-refractivity contribution < 1.29 is 19.0 Å². The topological polar surface area (TPSA) is 51.2 Å². The molecule has 0 radical (unpaired) electrons. The smallest absolute Gasteiger partial charge is 0.227 e. The number of amides is 1. The highest BCUT2D eigenvalue weighted by Crippen LogP contribution is 2.45. The molecule has 1 heterocycles. The second-order valence-electron chi connectivity index (χ2n) is 9.59. The Kier molecular flexibility index (Phi) is 8.75. The Hall–Kier alpha value is -2.96. The predicted molar refractivity (Wildman–Crippen MR) is 148 cm³/mol. The van der Waals surface area contributed by atoms with Crippen LogP contribution in [-0.2, 0) is 4.79 Å². The van der Waals surface area contributed by atoms with E-state index in [1.165, 1.54) is 5.56 Å². The third-order valence-electron chi connectivity index (χ3n) is 7.22. The van der Waals surface area contributed by atoms with Gasteiger partial charge < -0.3 is 24.0 Å². The standard InChI is InChI=1S/C29H36N2O4.ClH/c1-18-8-9-22-23(13-20-14-26(33-5)29(35-7)27(15-20)34-6)19(2)24(25(22)12-18)16-28(32)31-11-10-21(17-31)30(3)4;/h8-9,12-15,21H,10-11,16-17H2,1-7H3;1H/t21-;/m1./s1. The lowest BCUT2D eigenvalue weighted by Gasteiger charge is -2.21. The lowest BCUT2D eigenvalue weighted by Crippen LogP contribution is -2.34. The summed E-state index contributed by atoms with van der Waals surface area (Å²) in [6, 6.07) is 10.8. The van der Waals surface area contributed by atoms with E-state index < -0.39 is 0 Å². The number of aryl methyl sites for hydroxylation is 1. The molecule has 0 aromatic heterocycles. The van der Waals surface area contributed by atoms with Crippen LogP contribution in [0, 0.1) is 6.92 Å². The number of hydrogen-bond acceptors (Lipinski definition) is 5. The van der Waals surface area contributed by atoms with Crippen LogP contribution in [0.15, 0.2) is 35.9 Å². The zero-order chi connectivity index (χ0) is 25.3. The summed E-state index contributed by atoms with van der Waals surface area (Å²) in [5, 5.41) is 0. The van der Waals surface area contributed by atoms with Gasteiger partial charge in [-0.2, -0.15) is 0 Å². The van der Waals surface area contributed by atoms with Crippen LogP contribution in [0.25, 0.3) is 17.2 Å². The predicted octanol–water partition coefficient (Wildman–Crippen LogP) is 5.32. The first-order chi connectivity index (χ1) is 16.8. The molecule has 2 aromatic carbocycles. The molecule has 2 aromatic rings. The highest BCUT2D eigenvalue weighted by atomic mass is 35.5. The summed E-state index contributed by atoms with van der Waals surface area (Å²) in [5.41, 5.74) is 7.79. The summed E-state index contributed by atoms with van der Waals surface area (Å²) in [7, 11) is 9.01. The van der Waals surface area contributed by atoms with Gasteiger partial charge >= 0.3 is 0 Å². The van der Waals surface area contributed by atoms with Crippen LogP contribution >= 0.6 is 12.4 Å². The van der Waals surface area contributed by atoms with E-state index in [0.29, 0.717) is 29.7 Å². The molecule has 1 aliphatic carbocycles. The fraction of sp³-hybridized carbons (Fsp3) is 0.414. The molecule has 1 atom stereocenters. The van der Waals surface area contributed by atoms with Gasteiger partial charge in [-0.3, -0.25) is 4.79 Å². The van der Waals surface area contributed by atoms with Crippen LogP contribution < -0.4 is 14.2 Å². The Morgan fingerprint density at radius 2 is 1.69 bits per heavy atom. The van der Waals surface area contributed by atoms with Crippen molar-refractivity contribution in [2.24, 2.45) is 0 Å². The quantitative estimate of drug-likeness (QED) is 0.502. The van der Waals surface area contributed by atoms with Crippen molar-refractivity contribution in [3.8, 4) is 17.2 Å². The molecule has 36 heavy (non-hydrogen) atoms. The van der Waals surface area contributed by atoms with Crippen molar-refractivity contribution in [2.75, 3.05) is 48.5 Å². The molecule has 7 heteroatoms. The Morgan fingerprint density at radius 1 is 1.03 bits per heavy atom. The average Bonchev–Trinajstić information content (AvgIpc) is 3.43. The number of ether oxygens (including phenoxy) is 3. The number of carbonyl (C=O) groups excluding carboxylic acids is 1. The number of nitrogens with zero attached hydrogens (tertiary/aromatic N) is 2. The first-order valence-corrected chi connectivity index (χ1v) is 12.0. The van der Waals surface area contributed by atoms with Crippen molar-refractivity contribution in [3.63, 3.8) is 0 Å². The Morgan fingerprint density at radius 3 is 2.25 bits per heavy atom. The number of allylic oxidation sites excluding steroid dienone is 2. The van der Waals surface area contributed by atoms with Crippen LogP contribution in [0.5, 0.6) is 17.2 Å². The third-order valence-corrected chi connectivity index (χ3v) is 7.22. The molecule has 0 unspecified atom stereocenters. The zero-order valence-electron chi connectivity index (χ0n) is 22.3. The number of halogens is 1. The van der Waals surface area contributed by atoms with Crippen molar-refractivity contribution >= 4 is 35.5 Å². The molecule has 1 amide bonds. The van der Waals surface area contributed by atoms with Gasteiger partial charge in [-0.25, -0.2) is 0 Å². The first-order valence-electron chi connectivity index (χ1n) is 12.0. The van der Waals surface area contributed by atoms with Gasteiger partial charge in [0.05, 0.1) is 27.8 Å². The molecule has 0 spiro atoms. The molecule has 194 valence electrons. The van der Waals surface area contributed by atoms with Crippen LogP contribution in [0.2, 0.25) is 0 Å². The molecule has 1 saturated heterocycles. The molecular formula is C29H37ClN2O4. The summed E-state index contributed by atoms with van der Waals surface area (Å²) in [6.45, 7) is 5.84. The maximum absolute atomic E-state index is 13.3. The van der Waals surface area contributed by atoms with E-state index in [9.17, 15) is 4.79 Å². The van der Waals surface area contributed by atoms with Gasteiger partial charge in [0.1, 0.15) is 0 Å². The van der Waals surface area contributed by atoms with E-state index in [1.54, 1.807) is 21.3 Å². The van der Waals surface area contributed by atoms with Gasteiger partial charge in [-0.15, -0.1) is 12.4 Å². The molecule has 1 aliphatic heterocycles. The summed E-state index contributed by atoms with van der Waals surface area (Å²) >= 11 is 0. The number of rotatable bonds is 7. The maximum Gasteiger partial charge on any atom is 0.227 e. The average molecular weight is 513 g/mol. The minimum absolute atomic E-state index is 0. The molecule has 0 bridgehead atoms. The van der Waals surface area contributed by atoms with E-state index in [-0.39, 0.29) is 18.3 Å². The van der Waals surface area contributed by atoms with Gasteiger partial charge in [0.25, 0.3) is 0 Å².